The van der Waals surface area contributed by atoms with Gasteiger partial charge in [0.05, 0.1) is 22.8 Å². The highest BCUT2D eigenvalue weighted by atomic mass is 28.1. The van der Waals surface area contributed by atoms with Crippen molar-refractivity contribution < 1.29 is 0 Å². The van der Waals surface area contributed by atoms with Gasteiger partial charge in [-0.05, 0) is 69.9 Å². The van der Waals surface area contributed by atoms with Crippen molar-refractivity contribution >= 4 is 61.8 Å². The number of fused-ring (bicyclic) bond motifs is 8. The van der Waals surface area contributed by atoms with Crippen LogP contribution in [-0.4, -0.2) is 30.2 Å². The van der Waals surface area contributed by atoms with Crippen molar-refractivity contribution in [1.29, 1.82) is 0 Å². The van der Waals surface area contributed by atoms with E-state index in [4.69, 9.17) is 9.97 Å². The molecule has 2 aliphatic heterocycles. The molecule has 8 bridgehead atoms. The predicted octanol–water partition coefficient (Wildman–Crippen LogP) is 9.31. The fourth-order valence-corrected chi connectivity index (χ4v) is 7.75. The Morgan fingerprint density at radius 3 is 1.12 bits per heavy atom. The van der Waals surface area contributed by atoms with Crippen molar-refractivity contribution in [2.75, 3.05) is 0 Å². The third-order valence-corrected chi connectivity index (χ3v) is 10.1. The van der Waals surface area contributed by atoms with Crippen LogP contribution < -0.4 is 5.19 Å². The minimum atomic E-state index is 0.850. The topological polar surface area (TPSA) is 57.4 Å². The molecule has 5 heterocycles. The van der Waals surface area contributed by atoms with Gasteiger partial charge in [0.15, 0.2) is 0 Å². The standard InChI is InChI=1S/C44H32N4Si/c49-39-27-38-42(30-17-9-3-10-18-30)36-24-23-34(46-36)40(28-13-5-1-6-14-28)32-21-22-33(45-32)41(29-15-7-2-8-16-29)35-25-26-37(47-35)43(44(39)48-38)31-19-11-4-12-20-31/h1-27,45,48H,49H3. The average Bonchev–Trinajstić information content (AvgIpc) is 3.98. The number of nitrogens with zero attached hydrogens (tertiary/aromatic N) is 2. The molecule has 0 amide bonds. The largest absolute Gasteiger partial charge is 0.355 e. The van der Waals surface area contributed by atoms with E-state index in [0.29, 0.717) is 0 Å². The lowest BCUT2D eigenvalue weighted by Crippen LogP contribution is -2.00. The summed E-state index contributed by atoms with van der Waals surface area (Å²) in [7, 11) is 0.850. The summed E-state index contributed by atoms with van der Waals surface area (Å²) >= 11 is 0. The van der Waals surface area contributed by atoms with Gasteiger partial charge in [-0.15, -0.1) is 0 Å². The van der Waals surface area contributed by atoms with Crippen LogP contribution in [0, 0.1) is 0 Å². The fraction of sp³-hybridized carbons (Fsp3) is 0. The third kappa shape index (κ3) is 5.17. The summed E-state index contributed by atoms with van der Waals surface area (Å²) in [5.74, 6) is 0. The van der Waals surface area contributed by atoms with Gasteiger partial charge >= 0.3 is 0 Å². The molecule has 0 unspecified atom stereocenters. The molecular formula is C44H32N4Si. The number of rotatable bonds is 4. The fourth-order valence-electron chi connectivity index (χ4n) is 7.08. The molecule has 49 heavy (non-hydrogen) atoms. The first kappa shape index (κ1) is 28.9. The second-order valence-electron chi connectivity index (χ2n) is 12.4. The molecule has 0 fully saturated rings. The highest BCUT2D eigenvalue weighted by molar-refractivity contribution is 6.39. The molecular weight excluding hydrogens is 613 g/mol. The summed E-state index contributed by atoms with van der Waals surface area (Å²) < 4.78 is 0. The van der Waals surface area contributed by atoms with Gasteiger partial charge in [-0.3, -0.25) is 0 Å². The number of hydrogen-bond donors (Lipinski definition) is 2. The van der Waals surface area contributed by atoms with E-state index in [9.17, 15) is 0 Å². The van der Waals surface area contributed by atoms with Gasteiger partial charge in [0.25, 0.3) is 0 Å². The molecule has 0 atom stereocenters. The monoisotopic (exact) mass is 644 g/mol. The minimum absolute atomic E-state index is 0.850. The Balaban J connectivity index is 1.51. The third-order valence-electron chi connectivity index (χ3n) is 9.31. The molecule has 0 spiro atoms. The molecule has 3 aromatic heterocycles. The van der Waals surface area contributed by atoms with Crippen molar-refractivity contribution in [3.63, 3.8) is 0 Å². The van der Waals surface area contributed by atoms with E-state index in [0.717, 1.165) is 99.6 Å². The van der Waals surface area contributed by atoms with Gasteiger partial charge in [0.2, 0.25) is 0 Å². The van der Waals surface area contributed by atoms with Crippen LogP contribution in [-0.2, 0) is 0 Å². The molecule has 0 aliphatic carbocycles. The number of benzene rings is 4. The Kier molecular flexibility index (Phi) is 7.10. The molecule has 7 aromatic rings. The normalized spacial score (nSPS) is 12.1. The van der Waals surface area contributed by atoms with Gasteiger partial charge in [0.1, 0.15) is 0 Å². The molecule has 232 valence electrons. The SMILES string of the molecule is [SiH3]c1cc2[nH]c1c(-c1ccccc1)c1nc(c(-c3ccccc3)c3ccc([nH]3)c(-c3ccccc3)c3nc(c2-c2ccccc2)C=C3)C=C1. The molecule has 0 radical (unpaired) electrons. The van der Waals surface area contributed by atoms with Gasteiger partial charge in [-0.2, -0.15) is 0 Å². The van der Waals surface area contributed by atoms with E-state index in [2.05, 4.69) is 174 Å². The summed E-state index contributed by atoms with van der Waals surface area (Å²) in [5, 5.41) is 1.28. The van der Waals surface area contributed by atoms with Crippen LogP contribution in [0.4, 0.5) is 0 Å². The lowest BCUT2D eigenvalue weighted by molar-refractivity contribution is 1.31. The molecule has 5 heteroatoms. The molecule has 0 saturated heterocycles. The maximum atomic E-state index is 5.40. The highest BCUT2D eigenvalue weighted by Gasteiger charge is 2.19. The Morgan fingerprint density at radius 1 is 0.367 bits per heavy atom. The maximum Gasteiger partial charge on any atom is 0.0737 e. The van der Waals surface area contributed by atoms with E-state index >= 15 is 0 Å². The molecule has 9 rings (SSSR count). The van der Waals surface area contributed by atoms with E-state index in [1.807, 2.05) is 0 Å². The van der Waals surface area contributed by atoms with Crippen LogP contribution in [0.2, 0.25) is 0 Å². The van der Waals surface area contributed by atoms with Crippen LogP contribution in [0.3, 0.4) is 0 Å². The van der Waals surface area contributed by atoms with Crippen LogP contribution >= 0.6 is 0 Å². The first-order valence-corrected chi connectivity index (χ1v) is 17.6. The predicted molar refractivity (Wildman–Crippen MR) is 210 cm³/mol. The summed E-state index contributed by atoms with van der Waals surface area (Å²) in [6, 6.07) is 48.9. The van der Waals surface area contributed by atoms with E-state index < -0.39 is 0 Å². The Bertz CT molecular complexity index is 2580. The average molecular weight is 645 g/mol. The van der Waals surface area contributed by atoms with Gasteiger partial charge in [-0.25, -0.2) is 9.97 Å². The summed E-state index contributed by atoms with van der Waals surface area (Å²) in [6.45, 7) is 0. The number of nitrogens with one attached hydrogen (secondary N) is 2. The molecule has 2 aliphatic rings. The lowest BCUT2D eigenvalue weighted by atomic mass is 10.0. The van der Waals surface area contributed by atoms with Crippen molar-refractivity contribution in [1.82, 2.24) is 19.9 Å². The number of aromatic amines is 2. The molecule has 2 N–H and O–H groups in total. The summed E-state index contributed by atoms with van der Waals surface area (Å²) in [6.07, 6.45) is 8.63. The molecule has 4 nitrogen and oxygen atoms in total. The minimum Gasteiger partial charge on any atom is -0.355 e. The number of aromatic nitrogens is 4. The van der Waals surface area contributed by atoms with Crippen molar-refractivity contribution in [3.8, 4) is 44.5 Å². The van der Waals surface area contributed by atoms with E-state index in [1.54, 1.807) is 0 Å². The van der Waals surface area contributed by atoms with Gasteiger partial charge in [0, 0.05) is 54.6 Å². The summed E-state index contributed by atoms with van der Waals surface area (Å²) in [5.41, 5.74) is 16.6. The van der Waals surface area contributed by atoms with E-state index in [-0.39, 0.29) is 0 Å². The lowest BCUT2D eigenvalue weighted by Gasteiger charge is -2.07. The highest BCUT2D eigenvalue weighted by Crippen LogP contribution is 2.37. The van der Waals surface area contributed by atoms with Crippen LogP contribution in [0.1, 0.15) is 22.8 Å². The summed E-state index contributed by atoms with van der Waals surface area (Å²) in [4.78, 5) is 18.5. The maximum absolute atomic E-state index is 5.40. The van der Waals surface area contributed by atoms with Crippen molar-refractivity contribution in [2.24, 2.45) is 0 Å². The quantitative estimate of drug-likeness (QED) is 0.188. The first-order valence-electron chi connectivity index (χ1n) is 16.6. The van der Waals surface area contributed by atoms with Crippen LogP contribution in [0.25, 0.3) is 90.9 Å². The molecule has 0 saturated carbocycles. The Hall–Kier alpha value is -6.30. The number of H-pyrrole nitrogens is 2. The van der Waals surface area contributed by atoms with Crippen LogP contribution in [0.15, 0.2) is 140 Å². The second-order valence-corrected chi connectivity index (χ2v) is 13.5. The first-order chi connectivity index (χ1) is 24.2. The van der Waals surface area contributed by atoms with Crippen molar-refractivity contribution in [2.45, 2.75) is 0 Å². The van der Waals surface area contributed by atoms with Gasteiger partial charge in [-0.1, -0.05) is 121 Å². The zero-order valence-electron chi connectivity index (χ0n) is 27.0. The Morgan fingerprint density at radius 2 is 0.714 bits per heavy atom. The number of hydrogen-bond acceptors (Lipinski definition) is 2. The smallest absolute Gasteiger partial charge is 0.0737 e. The van der Waals surface area contributed by atoms with E-state index in [1.165, 1.54) is 5.19 Å². The van der Waals surface area contributed by atoms with Gasteiger partial charge < -0.3 is 9.97 Å². The second kappa shape index (κ2) is 12.1. The van der Waals surface area contributed by atoms with Crippen molar-refractivity contribution in [3.05, 3.63) is 162 Å². The zero-order chi connectivity index (χ0) is 32.7. The Labute approximate surface area is 287 Å². The molecule has 4 aromatic carbocycles. The zero-order valence-corrected chi connectivity index (χ0v) is 29.0. The van der Waals surface area contributed by atoms with Crippen LogP contribution in [0.5, 0.6) is 0 Å².